The number of halogens is 1. The Morgan fingerprint density at radius 1 is 1.67 bits per heavy atom. The molecule has 1 heterocycles. The maximum atomic E-state index is 11.9. The maximum Gasteiger partial charge on any atom is 0.246 e. The molecule has 100 valence electrons. The molecule has 0 aliphatic rings. The SMILES string of the molecule is C=CC(=O)N(Cc1ccsc1Cl)[C@@H](CO)C(C)C. The molecule has 0 saturated carbocycles. The molecule has 0 bridgehead atoms. The molecular weight excluding hydrogens is 270 g/mol. The smallest absolute Gasteiger partial charge is 0.246 e. The lowest BCUT2D eigenvalue weighted by Crippen LogP contribution is -2.44. The van der Waals surface area contributed by atoms with Crippen LogP contribution >= 0.6 is 22.9 Å². The monoisotopic (exact) mass is 287 g/mol. The molecule has 0 spiro atoms. The first-order valence-electron chi connectivity index (χ1n) is 5.77. The van der Waals surface area contributed by atoms with Crippen molar-refractivity contribution < 1.29 is 9.90 Å². The lowest BCUT2D eigenvalue weighted by Gasteiger charge is -2.32. The van der Waals surface area contributed by atoms with E-state index >= 15 is 0 Å². The molecule has 1 rings (SSSR count). The summed E-state index contributed by atoms with van der Waals surface area (Å²) in [4.78, 5) is 13.5. The van der Waals surface area contributed by atoms with Crippen molar-refractivity contribution in [2.24, 2.45) is 5.92 Å². The highest BCUT2D eigenvalue weighted by molar-refractivity contribution is 7.14. The Morgan fingerprint density at radius 2 is 2.33 bits per heavy atom. The second kappa shape index (κ2) is 6.92. The lowest BCUT2D eigenvalue weighted by molar-refractivity contribution is -0.131. The van der Waals surface area contributed by atoms with Gasteiger partial charge in [-0.25, -0.2) is 0 Å². The summed E-state index contributed by atoms with van der Waals surface area (Å²) in [6, 6.07) is 1.66. The van der Waals surface area contributed by atoms with Crippen LogP contribution in [0.25, 0.3) is 0 Å². The van der Waals surface area contributed by atoms with Gasteiger partial charge in [0.2, 0.25) is 5.91 Å². The fraction of sp³-hybridized carbons (Fsp3) is 0.462. The van der Waals surface area contributed by atoms with Gasteiger partial charge in [0.05, 0.1) is 17.0 Å². The quantitative estimate of drug-likeness (QED) is 0.817. The summed E-state index contributed by atoms with van der Waals surface area (Å²) in [6.45, 7) is 7.78. The minimum absolute atomic E-state index is 0.0704. The largest absolute Gasteiger partial charge is 0.394 e. The number of aliphatic hydroxyl groups excluding tert-OH is 1. The molecule has 1 N–H and O–H groups in total. The van der Waals surface area contributed by atoms with Crippen LogP contribution in [0.5, 0.6) is 0 Å². The van der Waals surface area contributed by atoms with E-state index in [2.05, 4.69) is 6.58 Å². The summed E-state index contributed by atoms with van der Waals surface area (Å²) in [5.74, 6) is -0.0265. The van der Waals surface area contributed by atoms with Crippen molar-refractivity contribution in [3.63, 3.8) is 0 Å². The van der Waals surface area contributed by atoms with Gasteiger partial charge < -0.3 is 10.0 Å². The predicted molar refractivity (Wildman–Crippen MR) is 75.8 cm³/mol. The van der Waals surface area contributed by atoms with Gasteiger partial charge in [-0.05, 0) is 23.4 Å². The van der Waals surface area contributed by atoms with Crippen LogP contribution in [0.1, 0.15) is 19.4 Å². The van der Waals surface area contributed by atoms with E-state index in [1.165, 1.54) is 17.4 Å². The number of rotatable bonds is 6. The zero-order chi connectivity index (χ0) is 13.7. The summed E-state index contributed by atoms with van der Waals surface area (Å²) < 4.78 is 0.678. The van der Waals surface area contributed by atoms with E-state index in [0.29, 0.717) is 10.9 Å². The average Bonchev–Trinajstić information content (AvgIpc) is 2.73. The van der Waals surface area contributed by atoms with E-state index in [-0.39, 0.29) is 24.5 Å². The van der Waals surface area contributed by atoms with Crippen molar-refractivity contribution in [2.75, 3.05) is 6.61 Å². The number of carbonyl (C=O) groups excluding carboxylic acids is 1. The molecular formula is C13H18ClNO2S. The van der Waals surface area contributed by atoms with Crippen LogP contribution in [0.15, 0.2) is 24.1 Å². The van der Waals surface area contributed by atoms with Crippen LogP contribution in [0.2, 0.25) is 4.34 Å². The first kappa shape index (κ1) is 15.2. The normalized spacial score (nSPS) is 12.5. The minimum atomic E-state index is -0.230. The molecule has 0 aliphatic carbocycles. The number of thiophene rings is 1. The number of nitrogens with zero attached hydrogens (tertiary/aromatic N) is 1. The third-order valence-electron chi connectivity index (χ3n) is 2.85. The maximum absolute atomic E-state index is 11.9. The van der Waals surface area contributed by atoms with Gasteiger partial charge >= 0.3 is 0 Å². The molecule has 0 aliphatic heterocycles. The van der Waals surface area contributed by atoms with Gasteiger partial charge in [0, 0.05) is 12.1 Å². The molecule has 1 amide bonds. The zero-order valence-electron chi connectivity index (χ0n) is 10.6. The van der Waals surface area contributed by atoms with E-state index in [4.69, 9.17) is 11.6 Å². The molecule has 0 aromatic carbocycles. The highest BCUT2D eigenvalue weighted by Gasteiger charge is 2.25. The Morgan fingerprint density at radius 3 is 2.72 bits per heavy atom. The van der Waals surface area contributed by atoms with Crippen LogP contribution in [0.4, 0.5) is 0 Å². The lowest BCUT2D eigenvalue weighted by atomic mass is 10.0. The molecule has 1 atom stereocenters. The minimum Gasteiger partial charge on any atom is -0.394 e. The van der Waals surface area contributed by atoms with Crippen LogP contribution in [0.3, 0.4) is 0 Å². The molecule has 3 nitrogen and oxygen atoms in total. The van der Waals surface area contributed by atoms with Crippen molar-refractivity contribution in [2.45, 2.75) is 26.4 Å². The van der Waals surface area contributed by atoms with Gasteiger partial charge in [-0.2, -0.15) is 0 Å². The van der Waals surface area contributed by atoms with Crippen LogP contribution in [-0.2, 0) is 11.3 Å². The molecule has 0 unspecified atom stereocenters. The first-order valence-corrected chi connectivity index (χ1v) is 7.02. The number of amides is 1. The van der Waals surface area contributed by atoms with Crippen LogP contribution in [-0.4, -0.2) is 28.6 Å². The predicted octanol–water partition coefficient (Wildman–Crippen LogP) is 2.93. The highest BCUT2D eigenvalue weighted by atomic mass is 35.5. The molecule has 1 aromatic rings. The van der Waals surface area contributed by atoms with E-state index in [9.17, 15) is 9.90 Å². The van der Waals surface area contributed by atoms with Crippen molar-refractivity contribution in [3.8, 4) is 0 Å². The third-order valence-corrected chi connectivity index (χ3v) is 4.10. The Balaban J connectivity index is 2.95. The fourth-order valence-electron chi connectivity index (χ4n) is 1.76. The van der Waals surface area contributed by atoms with Gasteiger partial charge in [0.25, 0.3) is 0 Å². The van der Waals surface area contributed by atoms with Crippen molar-refractivity contribution in [1.82, 2.24) is 4.90 Å². The van der Waals surface area contributed by atoms with E-state index in [0.717, 1.165) is 5.56 Å². The second-order valence-corrected chi connectivity index (χ2v) is 5.90. The van der Waals surface area contributed by atoms with Crippen LogP contribution in [0, 0.1) is 5.92 Å². The number of hydrogen-bond donors (Lipinski definition) is 1. The molecule has 0 fully saturated rings. The first-order chi connectivity index (χ1) is 8.51. The van der Waals surface area contributed by atoms with Gasteiger partial charge in [0.1, 0.15) is 0 Å². The zero-order valence-corrected chi connectivity index (χ0v) is 12.2. The number of aliphatic hydroxyl groups is 1. The average molecular weight is 288 g/mol. The molecule has 18 heavy (non-hydrogen) atoms. The highest BCUT2D eigenvalue weighted by Crippen LogP contribution is 2.25. The van der Waals surface area contributed by atoms with Gasteiger partial charge in [0.15, 0.2) is 0 Å². The van der Waals surface area contributed by atoms with Crippen molar-refractivity contribution >= 4 is 28.8 Å². The van der Waals surface area contributed by atoms with E-state index < -0.39 is 0 Å². The van der Waals surface area contributed by atoms with Gasteiger partial charge in [-0.3, -0.25) is 4.79 Å². The Labute approximate surface area is 117 Å². The molecule has 0 radical (unpaired) electrons. The van der Waals surface area contributed by atoms with Gasteiger partial charge in [-0.1, -0.05) is 32.0 Å². The molecule has 1 aromatic heterocycles. The van der Waals surface area contributed by atoms with Crippen molar-refractivity contribution in [1.29, 1.82) is 0 Å². The Kier molecular flexibility index (Phi) is 5.85. The third kappa shape index (κ3) is 3.57. The van der Waals surface area contributed by atoms with E-state index in [1.54, 1.807) is 4.90 Å². The molecule has 0 saturated heterocycles. The summed E-state index contributed by atoms with van der Waals surface area (Å²) in [6.07, 6.45) is 1.27. The Hall–Kier alpha value is -0.840. The fourth-order valence-corrected chi connectivity index (χ4v) is 2.67. The Bertz CT molecular complexity index is 417. The summed E-state index contributed by atoms with van der Waals surface area (Å²) in [5.41, 5.74) is 0.899. The van der Waals surface area contributed by atoms with Crippen molar-refractivity contribution in [3.05, 3.63) is 34.0 Å². The van der Waals surface area contributed by atoms with Gasteiger partial charge in [-0.15, -0.1) is 11.3 Å². The number of carbonyl (C=O) groups is 1. The number of hydrogen-bond acceptors (Lipinski definition) is 3. The summed E-state index contributed by atoms with van der Waals surface area (Å²) >= 11 is 7.48. The summed E-state index contributed by atoms with van der Waals surface area (Å²) in [7, 11) is 0. The van der Waals surface area contributed by atoms with E-state index in [1.807, 2.05) is 25.3 Å². The molecule has 5 heteroatoms. The topological polar surface area (TPSA) is 40.5 Å². The van der Waals surface area contributed by atoms with Crippen LogP contribution < -0.4 is 0 Å². The standard InChI is InChI=1S/C13H18ClNO2S/c1-4-12(17)15(11(8-16)9(2)3)7-10-5-6-18-13(10)14/h4-6,9,11,16H,1,7-8H2,2-3H3/t11-/m0/s1. The second-order valence-electron chi connectivity index (χ2n) is 4.38. The summed E-state index contributed by atoms with van der Waals surface area (Å²) in [5, 5.41) is 11.3.